The Bertz CT molecular complexity index is 726. The number of amides is 1. The maximum atomic E-state index is 12.9. The van der Waals surface area contributed by atoms with Crippen molar-refractivity contribution in [2.24, 2.45) is 5.92 Å². The number of carboxylic acid groups (broad SMARTS) is 1. The van der Waals surface area contributed by atoms with Gasteiger partial charge in [-0.25, -0.2) is 0 Å². The lowest BCUT2D eigenvalue weighted by atomic mass is 9.87. The first-order chi connectivity index (χ1) is 11.1. The van der Waals surface area contributed by atoms with E-state index in [1.807, 2.05) is 61.5 Å². The summed E-state index contributed by atoms with van der Waals surface area (Å²) < 4.78 is 0. The van der Waals surface area contributed by atoms with Crippen LogP contribution in [-0.4, -0.2) is 17.0 Å². The number of fused-ring (bicyclic) bond motifs is 1. The Morgan fingerprint density at radius 3 is 2.52 bits per heavy atom. The third kappa shape index (κ3) is 2.97. The summed E-state index contributed by atoms with van der Waals surface area (Å²) >= 11 is 0. The molecule has 1 N–H and O–H groups in total. The number of carbonyl (C=O) groups excluding carboxylic acids is 1. The molecule has 4 nitrogen and oxygen atoms in total. The number of benzene rings is 2. The van der Waals surface area contributed by atoms with Crippen LogP contribution in [0, 0.1) is 5.92 Å². The molecule has 0 bridgehead atoms. The topological polar surface area (TPSA) is 57.6 Å². The predicted molar refractivity (Wildman–Crippen MR) is 88.2 cm³/mol. The van der Waals surface area contributed by atoms with Crippen LogP contribution < -0.4 is 4.90 Å². The van der Waals surface area contributed by atoms with Gasteiger partial charge in [0.1, 0.15) is 0 Å². The fraction of sp³-hybridized carbons (Fsp3) is 0.263. The highest BCUT2D eigenvalue weighted by atomic mass is 16.4. The molecule has 118 valence electrons. The van der Waals surface area contributed by atoms with Crippen LogP contribution >= 0.6 is 0 Å². The lowest BCUT2D eigenvalue weighted by molar-refractivity contribution is -0.140. The summed E-state index contributed by atoms with van der Waals surface area (Å²) in [5, 5.41) is 9.10. The number of hydrogen-bond donors (Lipinski definition) is 1. The third-order valence-electron chi connectivity index (χ3n) is 4.39. The van der Waals surface area contributed by atoms with E-state index < -0.39 is 11.9 Å². The van der Waals surface area contributed by atoms with Crippen LogP contribution in [-0.2, 0) is 16.0 Å². The normalized spacial score (nSPS) is 18.4. The Balaban J connectivity index is 2.02. The Kier molecular flexibility index (Phi) is 4.15. The number of anilines is 1. The van der Waals surface area contributed by atoms with Gasteiger partial charge in [-0.1, -0.05) is 48.5 Å². The predicted octanol–water partition coefficient (Wildman–Crippen LogP) is 3.43. The first-order valence-corrected chi connectivity index (χ1v) is 7.75. The smallest absolute Gasteiger partial charge is 0.304 e. The SMILES string of the molecule is C[C@@H](c1ccccc1)N1C(=O)C(CC(=O)O)Cc2ccccc21. The molecule has 0 aliphatic carbocycles. The zero-order valence-electron chi connectivity index (χ0n) is 13.0. The van der Waals surface area contributed by atoms with Crippen molar-refractivity contribution in [2.75, 3.05) is 4.90 Å². The molecular weight excluding hydrogens is 290 g/mol. The van der Waals surface area contributed by atoms with E-state index in [1.54, 1.807) is 4.90 Å². The molecule has 23 heavy (non-hydrogen) atoms. The van der Waals surface area contributed by atoms with Gasteiger partial charge in [0.25, 0.3) is 0 Å². The summed E-state index contributed by atoms with van der Waals surface area (Å²) in [4.78, 5) is 25.8. The molecule has 1 unspecified atom stereocenters. The van der Waals surface area contributed by atoms with Crippen molar-refractivity contribution < 1.29 is 14.7 Å². The molecule has 0 saturated carbocycles. The van der Waals surface area contributed by atoms with Gasteiger partial charge in [0.2, 0.25) is 5.91 Å². The van der Waals surface area contributed by atoms with Crippen LogP contribution in [0.25, 0.3) is 0 Å². The minimum Gasteiger partial charge on any atom is -0.481 e. The summed E-state index contributed by atoms with van der Waals surface area (Å²) in [5.74, 6) is -1.55. The van der Waals surface area contributed by atoms with E-state index in [1.165, 1.54) is 0 Å². The number of para-hydroxylation sites is 1. The lowest BCUT2D eigenvalue weighted by Crippen LogP contribution is -2.43. The van der Waals surface area contributed by atoms with Gasteiger partial charge >= 0.3 is 5.97 Å². The average molecular weight is 309 g/mol. The highest BCUT2D eigenvalue weighted by molar-refractivity contribution is 6.00. The molecule has 1 heterocycles. The molecule has 1 aliphatic heterocycles. The molecule has 2 atom stereocenters. The summed E-state index contributed by atoms with van der Waals surface area (Å²) in [7, 11) is 0. The van der Waals surface area contributed by atoms with Crippen LogP contribution in [0.3, 0.4) is 0 Å². The molecule has 3 rings (SSSR count). The minimum absolute atomic E-state index is 0.109. The summed E-state index contributed by atoms with van der Waals surface area (Å²) in [6, 6.07) is 17.4. The zero-order chi connectivity index (χ0) is 16.4. The highest BCUT2D eigenvalue weighted by Crippen LogP contribution is 2.37. The minimum atomic E-state index is -0.935. The van der Waals surface area contributed by atoms with Gasteiger partial charge in [-0.05, 0) is 30.5 Å². The van der Waals surface area contributed by atoms with E-state index in [2.05, 4.69) is 0 Å². The number of carboxylic acids is 1. The van der Waals surface area contributed by atoms with Crippen molar-refractivity contribution >= 4 is 17.6 Å². The number of nitrogens with zero attached hydrogens (tertiary/aromatic N) is 1. The van der Waals surface area contributed by atoms with Gasteiger partial charge in [0.05, 0.1) is 18.4 Å². The molecule has 0 fully saturated rings. The molecule has 2 aromatic rings. The standard InChI is InChI=1S/C19H19NO3/c1-13(14-7-3-2-4-8-14)20-17-10-6-5-9-15(17)11-16(19(20)23)12-18(21)22/h2-10,13,16H,11-12H2,1H3,(H,21,22)/t13-,16?/m0/s1. The van der Waals surface area contributed by atoms with Gasteiger partial charge < -0.3 is 10.0 Å². The Morgan fingerprint density at radius 1 is 1.17 bits per heavy atom. The van der Waals surface area contributed by atoms with E-state index in [9.17, 15) is 9.59 Å². The van der Waals surface area contributed by atoms with Crippen LogP contribution in [0.15, 0.2) is 54.6 Å². The average Bonchev–Trinajstić information content (AvgIpc) is 2.55. The van der Waals surface area contributed by atoms with E-state index in [0.29, 0.717) is 6.42 Å². The molecular formula is C19H19NO3. The molecule has 2 aromatic carbocycles. The second-order valence-electron chi connectivity index (χ2n) is 5.92. The summed E-state index contributed by atoms with van der Waals surface area (Å²) in [5.41, 5.74) is 2.95. The van der Waals surface area contributed by atoms with Gasteiger partial charge in [0, 0.05) is 5.69 Å². The van der Waals surface area contributed by atoms with E-state index in [-0.39, 0.29) is 18.4 Å². The van der Waals surface area contributed by atoms with Crippen LogP contribution in [0.2, 0.25) is 0 Å². The van der Waals surface area contributed by atoms with Gasteiger partial charge in [-0.3, -0.25) is 9.59 Å². The molecule has 0 spiro atoms. The molecule has 4 heteroatoms. The van der Waals surface area contributed by atoms with Crippen molar-refractivity contribution in [1.29, 1.82) is 0 Å². The summed E-state index contributed by atoms with van der Waals surface area (Å²) in [6.07, 6.45) is 0.352. The fourth-order valence-electron chi connectivity index (χ4n) is 3.24. The number of hydrogen-bond acceptors (Lipinski definition) is 2. The van der Waals surface area contributed by atoms with Crippen molar-refractivity contribution in [2.45, 2.75) is 25.8 Å². The van der Waals surface area contributed by atoms with E-state index in [4.69, 9.17) is 5.11 Å². The zero-order valence-corrected chi connectivity index (χ0v) is 13.0. The second-order valence-corrected chi connectivity index (χ2v) is 5.92. The third-order valence-corrected chi connectivity index (χ3v) is 4.39. The molecule has 1 amide bonds. The summed E-state index contributed by atoms with van der Waals surface area (Å²) in [6.45, 7) is 1.98. The quantitative estimate of drug-likeness (QED) is 0.941. The number of aliphatic carboxylic acids is 1. The van der Waals surface area contributed by atoms with Crippen LogP contribution in [0.1, 0.15) is 30.5 Å². The van der Waals surface area contributed by atoms with Crippen molar-refractivity contribution in [3.8, 4) is 0 Å². The number of carbonyl (C=O) groups is 2. The van der Waals surface area contributed by atoms with Crippen LogP contribution in [0.5, 0.6) is 0 Å². The van der Waals surface area contributed by atoms with E-state index in [0.717, 1.165) is 16.8 Å². The maximum absolute atomic E-state index is 12.9. The van der Waals surface area contributed by atoms with Gasteiger partial charge in [0.15, 0.2) is 0 Å². The van der Waals surface area contributed by atoms with E-state index >= 15 is 0 Å². The van der Waals surface area contributed by atoms with Gasteiger partial charge in [-0.2, -0.15) is 0 Å². The Hall–Kier alpha value is -2.62. The highest BCUT2D eigenvalue weighted by Gasteiger charge is 2.36. The Labute approximate surface area is 135 Å². The maximum Gasteiger partial charge on any atom is 0.304 e. The monoisotopic (exact) mass is 309 g/mol. The van der Waals surface area contributed by atoms with Crippen LogP contribution in [0.4, 0.5) is 5.69 Å². The molecule has 1 aliphatic rings. The first-order valence-electron chi connectivity index (χ1n) is 7.75. The Morgan fingerprint density at radius 2 is 1.83 bits per heavy atom. The first kappa shape index (κ1) is 15.3. The van der Waals surface area contributed by atoms with Crippen molar-refractivity contribution in [1.82, 2.24) is 0 Å². The largest absolute Gasteiger partial charge is 0.481 e. The number of rotatable bonds is 4. The van der Waals surface area contributed by atoms with Gasteiger partial charge in [-0.15, -0.1) is 0 Å². The molecule has 0 saturated heterocycles. The van der Waals surface area contributed by atoms with Crippen molar-refractivity contribution in [3.05, 3.63) is 65.7 Å². The fourth-order valence-corrected chi connectivity index (χ4v) is 3.24. The molecule has 0 aromatic heterocycles. The van der Waals surface area contributed by atoms with Crippen molar-refractivity contribution in [3.63, 3.8) is 0 Å². The lowest BCUT2D eigenvalue weighted by Gasteiger charge is -2.38. The second kappa shape index (κ2) is 6.24. The molecule has 0 radical (unpaired) electrons.